The zero-order chi connectivity index (χ0) is 21.3. The molecule has 0 spiro atoms. The van der Waals surface area contributed by atoms with Gasteiger partial charge in [0.2, 0.25) is 0 Å². The number of carboxylic acid groups (broad SMARTS) is 2. The maximum Gasteiger partial charge on any atom is 0.165 e. The van der Waals surface area contributed by atoms with Gasteiger partial charge in [0, 0.05) is 30.5 Å². The van der Waals surface area contributed by atoms with E-state index in [-0.39, 0.29) is 11.5 Å². The molecule has 0 radical (unpaired) electrons. The Bertz CT molecular complexity index is 956. The van der Waals surface area contributed by atoms with Crippen molar-refractivity contribution < 1.29 is 35.1 Å². The number of fused-ring (bicyclic) bond motifs is 2. The third-order valence-corrected chi connectivity index (χ3v) is 5.35. The van der Waals surface area contributed by atoms with Gasteiger partial charge in [-0.1, -0.05) is 24.3 Å². The lowest BCUT2D eigenvalue weighted by molar-refractivity contribution is -0.323. The van der Waals surface area contributed by atoms with E-state index in [1.54, 1.807) is 6.07 Å². The topological polar surface area (TPSA) is 144 Å². The number of phenols is 2. The van der Waals surface area contributed by atoms with Crippen LogP contribution >= 0.6 is 0 Å². The number of carboxylic acids is 2. The lowest BCUT2D eigenvalue weighted by Gasteiger charge is -2.39. The van der Waals surface area contributed by atoms with E-state index in [1.165, 1.54) is 11.1 Å². The van der Waals surface area contributed by atoms with Crippen LogP contribution < -0.4 is 10.2 Å². The molecule has 1 unspecified atom stereocenters. The zero-order valence-corrected chi connectivity index (χ0v) is 15.8. The number of aromatic hydroxyl groups is 2. The third kappa shape index (κ3) is 4.03. The monoisotopic (exact) mass is 399 g/mol. The van der Waals surface area contributed by atoms with Crippen molar-refractivity contribution >= 4 is 11.9 Å². The van der Waals surface area contributed by atoms with Crippen LogP contribution in [0.25, 0.3) is 11.1 Å². The smallest absolute Gasteiger partial charge is 0.165 e. The average Bonchev–Trinajstić information content (AvgIpc) is 2.67. The van der Waals surface area contributed by atoms with E-state index in [0.717, 1.165) is 36.1 Å². The molecule has 2 aromatic carbocycles. The number of phenolic OH excluding ortho intramolecular Hbond substituents is 2. The third-order valence-electron chi connectivity index (χ3n) is 5.35. The standard InChI is InChI=1S/C17H17NO2.C4H6O5/c1-18-8-7-10-3-2-4-12-15(10)13(18)9-11-5-6-14(19)17(20)16(11)12;5-2(4(8)9)1-3(6)7/h2-6,13,19-20H,7-9H2,1H3;2,5H,1H2,(H,6,7)(H,8,9)/p-2/t13-;/m1./s1. The molecule has 1 aliphatic heterocycles. The molecule has 1 aliphatic carbocycles. The van der Waals surface area contributed by atoms with Crippen molar-refractivity contribution in [2.24, 2.45) is 0 Å². The molecule has 0 saturated carbocycles. The number of hydrogen-bond acceptors (Lipinski definition) is 8. The predicted molar refractivity (Wildman–Crippen MR) is 98.6 cm³/mol. The van der Waals surface area contributed by atoms with Gasteiger partial charge in [-0.2, -0.15) is 0 Å². The summed E-state index contributed by atoms with van der Waals surface area (Å²) in [6, 6.07) is 10.2. The van der Waals surface area contributed by atoms with Gasteiger partial charge in [-0.05, 0) is 48.2 Å². The molecule has 0 amide bonds. The molecule has 0 bridgehead atoms. The quantitative estimate of drug-likeness (QED) is 0.563. The fraction of sp³-hybridized carbons (Fsp3) is 0.333. The molecular formula is C21H21NO7-2. The van der Waals surface area contributed by atoms with E-state index < -0.39 is 24.5 Å². The molecule has 1 heterocycles. The molecule has 2 aliphatic rings. The van der Waals surface area contributed by atoms with Crippen LogP contribution in [0.15, 0.2) is 30.3 Å². The van der Waals surface area contributed by atoms with Gasteiger partial charge in [0.25, 0.3) is 0 Å². The Hall–Kier alpha value is -3.10. The molecule has 154 valence electrons. The highest BCUT2D eigenvalue weighted by molar-refractivity contribution is 5.82. The van der Waals surface area contributed by atoms with Crippen molar-refractivity contribution in [2.45, 2.75) is 31.4 Å². The summed E-state index contributed by atoms with van der Waals surface area (Å²) in [5, 5.41) is 47.4. The Labute approximate surface area is 167 Å². The molecular weight excluding hydrogens is 378 g/mol. The summed E-state index contributed by atoms with van der Waals surface area (Å²) in [6.45, 7) is 1.07. The van der Waals surface area contributed by atoms with Crippen LogP contribution in [0.1, 0.15) is 29.2 Å². The van der Waals surface area contributed by atoms with Crippen molar-refractivity contribution in [1.82, 2.24) is 4.90 Å². The number of benzene rings is 2. The van der Waals surface area contributed by atoms with Crippen molar-refractivity contribution in [3.63, 3.8) is 0 Å². The molecule has 0 fully saturated rings. The first-order valence-corrected chi connectivity index (χ1v) is 9.15. The van der Waals surface area contributed by atoms with Crippen LogP contribution in [0.2, 0.25) is 0 Å². The van der Waals surface area contributed by atoms with Crippen molar-refractivity contribution in [3.8, 4) is 22.6 Å². The molecule has 2 atom stereocenters. The number of carbonyl (C=O) groups excluding carboxylic acids is 2. The number of hydrogen-bond donors (Lipinski definition) is 3. The van der Waals surface area contributed by atoms with Gasteiger partial charge in [0.1, 0.15) is 0 Å². The molecule has 0 saturated heterocycles. The largest absolute Gasteiger partial charge is 0.550 e. The predicted octanol–water partition coefficient (Wildman–Crippen LogP) is -0.913. The second-order valence-electron chi connectivity index (χ2n) is 7.21. The van der Waals surface area contributed by atoms with Crippen molar-refractivity contribution in [3.05, 3.63) is 47.0 Å². The Balaban J connectivity index is 0.000000229. The van der Waals surface area contributed by atoms with E-state index in [4.69, 9.17) is 5.11 Å². The van der Waals surface area contributed by atoms with E-state index in [9.17, 15) is 30.0 Å². The number of aliphatic hydroxyl groups excluding tert-OH is 1. The summed E-state index contributed by atoms with van der Waals surface area (Å²) in [7, 11) is 2.16. The number of carbonyl (C=O) groups is 2. The maximum atomic E-state index is 10.3. The molecule has 8 heteroatoms. The van der Waals surface area contributed by atoms with Crippen LogP contribution in [-0.2, 0) is 22.4 Å². The lowest BCUT2D eigenvalue weighted by Crippen LogP contribution is -2.39. The van der Waals surface area contributed by atoms with Gasteiger partial charge in [-0.25, -0.2) is 0 Å². The minimum Gasteiger partial charge on any atom is -0.550 e. The van der Waals surface area contributed by atoms with Gasteiger partial charge in [0.15, 0.2) is 11.5 Å². The van der Waals surface area contributed by atoms with Crippen LogP contribution in [0, 0.1) is 0 Å². The second-order valence-corrected chi connectivity index (χ2v) is 7.21. The Kier molecular flexibility index (Phi) is 5.76. The van der Waals surface area contributed by atoms with E-state index in [2.05, 4.69) is 30.1 Å². The lowest BCUT2D eigenvalue weighted by atomic mass is 9.77. The minimum absolute atomic E-state index is 0.0163. The van der Waals surface area contributed by atoms with Crippen LogP contribution in [-0.4, -0.2) is 51.9 Å². The highest BCUT2D eigenvalue weighted by atomic mass is 16.4. The van der Waals surface area contributed by atoms with E-state index >= 15 is 0 Å². The average molecular weight is 399 g/mol. The SMILES string of the molecule is CN1CCc2cccc3c2[C@H]1Cc1ccc(O)c(O)c1-3.O=C([O-])CC(O)C(=O)[O-]. The Morgan fingerprint density at radius 1 is 1.17 bits per heavy atom. The number of aliphatic hydroxyl groups is 1. The highest BCUT2D eigenvalue weighted by Crippen LogP contribution is 2.49. The van der Waals surface area contributed by atoms with Crippen molar-refractivity contribution in [1.29, 1.82) is 0 Å². The Morgan fingerprint density at radius 2 is 1.90 bits per heavy atom. The fourth-order valence-corrected chi connectivity index (χ4v) is 3.92. The number of nitrogens with zero attached hydrogens (tertiary/aromatic N) is 1. The summed E-state index contributed by atoms with van der Waals surface area (Å²) in [5.41, 5.74) is 5.71. The Morgan fingerprint density at radius 3 is 2.52 bits per heavy atom. The fourth-order valence-electron chi connectivity index (χ4n) is 3.92. The highest BCUT2D eigenvalue weighted by Gasteiger charge is 2.34. The van der Waals surface area contributed by atoms with Crippen LogP contribution in [0.5, 0.6) is 11.5 Å². The summed E-state index contributed by atoms with van der Waals surface area (Å²) in [4.78, 5) is 21.5. The summed E-state index contributed by atoms with van der Waals surface area (Å²) < 4.78 is 0. The van der Waals surface area contributed by atoms with Gasteiger partial charge >= 0.3 is 0 Å². The molecule has 4 rings (SSSR count). The van der Waals surface area contributed by atoms with Crippen molar-refractivity contribution in [2.75, 3.05) is 13.6 Å². The minimum atomic E-state index is -1.96. The number of rotatable bonds is 3. The summed E-state index contributed by atoms with van der Waals surface area (Å²) in [6.07, 6.45) is -0.952. The first-order valence-electron chi connectivity index (χ1n) is 9.15. The van der Waals surface area contributed by atoms with Crippen LogP contribution in [0.3, 0.4) is 0 Å². The van der Waals surface area contributed by atoms with Gasteiger partial charge in [-0.15, -0.1) is 0 Å². The number of aliphatic carboxylic acids is 2. The first kappa shape index (κ1) is 20.6. The normalized spacial score (nSPS) is 17.9. The molecule has 8 nitrogen and oxygen atoms in total. The van der Waals surface area contributed by atoms with Crippen LogP contribution in [0.4, 0.5) is 0 Å². The van der Waals surface area contributed by atoms with Gasteiger partial charge < -0.3 is 35.1 Å². The molecule has 0 aromatic heterocycles. The number of likely N-dealkylation sites (N-methyl/N-ethyl adjacent to an activating group) is 1. The maximum absolute atomic E-state index is 10.3. The van der Waals surface area contributed by atoms with Gasteiger partial charge in [-0.3, -0.25) is 4.90 Å². The van der Waals surface area contributed by atoms with Gasteiger partial charge in [0.05, 0.1) is 12.1 Å². The molecule has 2 aromatic rings. The van der Waals surface area contributed by atoms with E-state index in [0.29, 0.717) is 6.04 Å². The van der Waals surface area contributed by atoms with E-state index in [1.807, 2.05) is 6.07 Å². The summed E-state index contributed by atoms with van der Waals surface area (Å²) >= 11 is 0. The summed E-state index contributed by atoms with van der Waals surface area (Å²) in [5.74, 6) is -3.45. The second kappa shape index (κ2) is 8.10. The molecule has 29 heavy (non-hydrogen) atoms. The zero-order valence-electron chi connectivity index (χ0n) is 15.8. The molecule has 3 N–H and O–H groups in total. The first-order chi connectivity index (χ1) is 13.7.